The predicted octanol–water partition coefficient (Wildman–Crippen LogP) is 3.31. The van der Waals surface area contributed by atoms with Gasteiger partial charge in [-0.1, -0.05) is 42.5 Å². The molecule has 5 nitrogen and oxygen atoms in total. The normalized spacial score (nSPS) is 11.5. The number of benzene rings is 2. The van der Waals surface area contributed by atoms with Gasteiger partial charge >= 0.3 is 0 Å². The molecule has 0 radical (unpaired) electrons. The number of aromatic nitrogens is 1. The van der Waals surface area contributed by atoms with Crippen LogP contribution >= 0.6 is 0 Å². The fourth-order valence-electron chi connectivity index (χ4n) is 2.80. The summed E-state index contributed by atoms with van der Waals surface area (Å²) in [5.74, 6) is -0.172. The van der Waals surface area contributed by atoms with Crippen LogP contribution in [-0.2, 0) is 16.6 Å². The van der Waals surface area contributed by atoms with Crippen LogP contribution in [0.1, 0.15) is 22.8 Å². The molecule has 0 unspecified atom stereocenters. The second kappa shape index (κ2) is 7.27. The van der Waals surface area contributed by atoms with Crippen LogP contribution < -0.4 is 5.32 Å². The Kier molecular flexibility index (Phi) is 5.06. The van der Waals surface area contributed by atoms with Gasteiger partial charge in [-0.2, -0.15) is 0 Å². The summed E-state index contributed by atoms with van der Waals surface area (Å²) in [6.45, 7) is 1.97. The summed E-state index contributed by atoms with van der Waals surface area (Å²) in [7, 11) is -2.02. The molecule has 2 aromatic carbocycles. The van der Waals surface area contributed by atoms with E-state index in [1.807, 2.05) is 43.4 Å². The number of hydrogen-bond donors (Lipinski definition) is 1. The van der Waals surface area contributed by atoms with Crippen molar-refractivity contribution >= 4 is 15.8 Å². The molecule has 0 bridgehead atoms. The zero-order valence-electron chi connectivity index (χ0n) is 14.6. The summed E-state index contributed by atoms with van der Waals surface area (Å²) in [5, 5.41) is 3.04. The molecule has 1 heterocycles. The largest absolute Gasteiger partial charge is 0.316 e. The van der Waals surface area contributed by atoms with Crippen molar-refractivity contribution in [3.63, 3.8) is 0 Å². The van der Waals surface area contributed by atoms with Crippen molar-refractivity contribution < 1.29 is 13.2 Å². The van der Waals surface area contributed by atoms with Gasteiger partial charge in [-0.3, -0.25) is 4.79 Å². The highest BCUT2D eigenvalue weighted by Crippen LogP contribution is 2.27. The standard InChI is InChI=1S/C20H20N2O3S/c1-15(23)18-9-6-10-19(12-18)26(24,25)22-14-16(13-21-2)11-20(22)17-7-4-3-5-8-17/h3-12,14,21H,13H2,1-2H3. The van der Waals surface area contributed by atoms with E-state index in [2.05, 4.69) is 5.32 Å². The highest BCUT2D eigenvalue weighted by atomic mass is 32.2. The average Bonchev–Trinajstić information content (AvgIpc) is 3.08. The molecule has 0 aliphatic rings. The number of nitrogens with zero attached hydrogens (tertiary/aromatic N) is 1. The minimum atomic E-state index is -3.83. The zero-order valence-corrected chi connectivity index (χ0v) is 15.5. The molecule has 0 saturated heterocycles. The first-order valence-electron chi connectivity index (χ1n) is 8.21. The third-order valence-corrected chi connectivity index (χ3v) is 5.76. The highest BCUT2D eigenvalue weighted by Gasteiger charge is 2.22. The van der Waals surface area contributed by atoms with Crippen molar-refractivity contribution in [2.75, 3.05) is 7.05 Å². The van der Waals surface area contributed by atoms with E-state index in [-0.39, 0.29) is 10.7 Å². The van der Waals surface area contributed by atoms with E-state index in [0.717, 1.165) is 11.1 Å². The minimum absolute atomic E-state index is 0.0917. The second-order valence-corrected chi connectivity index (χ2v) is 7.83. The van der Waals surface area contributed by atoms with E-state index in [4.69, 9.17) is 0 Å². The Hall–Kier alpha value is -2.70. The number of nitrogens with one attached hydrogen (secondary N) is 1. The average molecular weight is 368 g/mol. The molecule has 0 amide bonds. The van der Waals surface area contributed by atoms with E-state index in [0.29, 0.717) is 17.8 Å². The molecule has 134 valence electrons. The maximum Gasteiger partial charge on any atom is 0.268 e. The van der Waals surface area contributed by atoms with Gasteiger partial charge in [0, 0.05) is 18.3 Å². The van der Waals surface area contributed by atoms with Crippen LogP contribution in [0.25, 0.3) is 11.3 Å². The lowest BCUT2D eigenvalue weighted by Crippen LogP contribution is -2.14. The number of hydrogen-bond acceptors (Lipinski definition) is 4. The summed E-state index contributed by atoms with van der Waals surface area (Å²) >= 11 is 0. The Balaban J connectivity index is 2.18. The fourth-order valence-corrected chi connectivity index (χ4v) is 4.25. The van der Waals surface area contributed by atoms with Gasteiger partial charge in [0.1, 0.15) is 0 Å². The summed E-state index contributed by atoms with van der Waals surface area (Å²) in [5.41, 5.74) is 2.62. The van der Waals surface area contributed by atoms with Crippen molar-refractivity contribution in [2.45, 2.75) is 18.4 Å². The first kappa shape index (κ1) is 18.1. The van der Waals surface area contributed by atoms with Gasteiger partial charge in [-0.15, -0.1) is 0 Å². The van der Waals surface area contributed by atoms with Crippen molar-refractivity contribution in [1.82, 2.24) is 9.29 Å². The lowest BCUT2D eigenvalue weighted by atomic mass is 10.1. The molecule has 0 aliphatic carbocycles. The van der Waals surface area contributed by atoms with Gasteiger partial charge in [0.2, 0.25) is 0 Å². The molecular formula is C20H20N2O3S. The number of Topliss-reactive ketones (excluding diaryl/α,β-unsaturated/α-hetero) is 1. The molecule has 3 rings (SSSR count). The maximum atomic E-state index is 13.3. The maximum absolute atomic E-state index is 13.3. The van der Waals surface area contributed by atoms with Crippen LogP contribution in [0.2, 0.25) is 0 Å². The number of carbonyl (C=O) groups is 1. The summed E-state index contributed by atoms with van der Waals surface area (Å²) in [4.78, 5) is 11.7. The lowest BCUT2D eigenvalue weighted by molar-refractivity contribution is 0.101. The molecule has 0 spiro atoms. The first-order chi connectivity index (χ1) is 12.4. The van der Waals surface area contributed by atoms with Crippen LogP contribution in [0, 0.1) is 0 Å². The number of ketones is 1. The number of rotatable bonds is 6. The Morgan fingerprint density at radius 2 is 1.77 bits per heavy atom. The molecule has 0 saturated carbocycles. The van der Waals surface area contributed by atoms with E-state index in [1.54, 1.807) is 18.3 Å². The third kappa shape index (κ3) is 3.47. The van der Waals surface area contributed by atoms with Crippen LogP contribution in [0.3, 0.4) is 0 Å². The summed E-state index contributed by atoms with van der Waals surface area (Å²) < 4.78 is 27.8. The van der Waals surface area contributed by atoms with Crippen molar-refractivity contribution in [1.29, 1.82) is 0 Å². The molecule has 1 N–H and O–H groups in total. The van der Waals surface area contributed by atoms with Gasteiger partial charge in [0.05, 0.1) is 10.6 Å². The lowest BCUT2D eigenvalue weighted by Gasteiger charge is -2.11. The van der Waals surface area contributed by atoms with Crippen molar-refractivity contribution in [3.05, 3.63) is 78.0 Å². The van der Waals surface area contributed by atoms with Crippen molar-refractivity contribution in [3.8, 4) is 11.3 Å². The minimum Gasteiger partial charge on any atom is -0.316 e. The van der Waals surface area contributed by atoms with E-state index >= 15 is 0 Å². The Morgan fingerprint density at radius 3 is 2.42 bits per heavy atom. The molecule has 3 aromatic rings. The highest BCUT2D eigenvalue weighted by molar-refractivity contribution is 7.90. The topological polar surface area (TPSA) is 68.2 Å². The van der Waals surface area contributed by atoms with Gasteiger partial charge in [-0.05, 0) is 43.3 Å². The molecule has 0 fully saturated rings. The first-order valence-corrected chi connectivity index (χ1v) is 9.65. The van der Waals surface area contributed by atoms with Gasteiger partial charge in [0.15, 0.2) is 5.78 Å². The third-order valence-electron chi connectivity index (χ3n) is 4.09. The Morgan fingerprint density at radius 1 is 1.04 bits per heavy atom. The summed E-state index contributed by atoms with van der Waals surface area (Å²) in [6.07, 6.45) is 1.62. The van der Waals surface area contributed by atoms with E-state index < -0.39 is 10.0 Å². The smallest absolute Gasteiger partial charge is 0.268 e. The SMILES string of the molecule is CNCc1cc(-c2ccccc2)n(S(=O)(=O)c2cccc(C(C)=O)c2)c1. The molecular weight excluding hydrogens is 348 g/mol. The molecule has 1 aromatic heterocycles. The second-order valence-electron chi connectivity index (χ2n) is 6.01. The van der Waals surface area contributed by atoms with Gasteiger partial charge < -0.3 is 5.32 Å². The molecule has 6 heteroatoms. The van der Waals surface area contributed by atoms with Crippen molar-refractivity contribution in [2.24, 2.45) is 0 Å². The monoisotopic (exact) mass is 368 g/mol. The number of carbonyl (C=O) groups excluding carboxylic acids is 1. The van der Waals surface area contributed by atoms with Crippen LogP contribution in [0.4, 0.5) is 0 Å². The van der Waals surface area contributed by atoms with Crippen LogP contribution in [0.15, 0.2) is 71.8 Å². The molecule has 0 aliphatic heterocycles. The fraction of sp³-hybridized carbons (Fsp3) is 0.150. The van der Waals surface area contributed by atoms with E-state index in [1.165, 1.54) is 23.0 Å². The molecule has 26 heavy (non-hydrogen) atoms. The predicted molar refractivity (Wildman–Crippen MR) is 102 cm³/mol. The molecule has 0 atom stereocenters. The summed E-state index contributed by atoms with van der Waals surface area (Å²) in [6, 6.07) is 17.4. The Bertz CT molecular complexity index is 1040. The van der Waals surface area contributed by atoms with Crippen LogP contribution in [0.5, 0.6) is 0 Å². The van der Waals surface area contributed by atoms with Gasteiger partial charge in [0.25, 0.3) is 10.0 Å². The van der Waals surface area contributed by atoms with Gasteiger partial charge in [-0.25, -0.2) is 12.4 Å². The van der Waals surface area contributed by atoms with E-state index in [9.17, 15) is 13.2 Å². The quantitative estimate of drug-likeness (QED) is 0.678. The Labute approximate surface area is 153 Å². The van der Waals surface area contributed by atoms with Crippen LogP contribution in [-0.4, -0.2) is 25.2 Å². The zero-order chi connectivity index (χ0) is 18.7.